The predicted octanol–water partition coefficient (Wildman–Crippen LogP) is 4.59. The van der Waals surface area contributed by atoms with Crippen molar-refractivity contribution in [3.63, 3.8) is 0 Å². The molecule has 18 heavy (non-hydrogen) atoms. The molecule has 0 aliphatic heterocycles. The van der Waals surface area contributed by atoms with Crippen molar-refractivity contribution in [2.75, 3.05) is 12.4 Å². The van der Waals surface area contributed by atoms with E-state index in [1.54, 1.807) is 7.05 Å². The summed E-state index contributed by atoms with van der Waals surface area (Å²) >= 11 is 9.55. The van der Waals surface area contributed by atoms with Crippen LogP contribution < -0.4 is 5.32 Å². The summed E-state index contributed by atoms with van der Waals surface area (Å²) in [6.45, 7) is 0. The molecule has 1 N–H and O–H groups in total. The van der Waals surface area contributed by atoms with Crippen LogP contribution in [0.1, 0.15) is 5.56 Å². The lowest BCUT2D eigenvalue weighted by atomic mass is 10.2. The summed E-state index contributed by atoms with van der Waals surface area (Å²) in [6.07, 6.45) is 0. The highest BCUT2D eigenvalue weighted by atomic mass is 79.9. The Kier molecular flexibility index (Phi) is 4.39. The van der Waals surface area contributed by atoms with Gasteiger partial charge in [-0.05, 0) is 18.2 Å². The fourth-order valence-corrected chi connectivity index (χ4v) is 2.29. The van der Waals surface area contributed by atoms with Gasteiger partial charge in [-0.3, -0.25) is 4.99 Å². The number of rotatable bonds is 2. The highest BCUT2D eigenvalue weighted by molar-refractivity contribution is 9.10. The molecule has 0 bridgehead atoms. The van der Waals surface area contributed by atoms with Crippen molar-refractivity contribution in [1.29, 1.82) is 0 Å². The minimum Gasteiger partial charge on any atom is -0.339 e. The fourth-order valence-electron chi connectivity index (χ4n) is 1.57. The molecule has 4 heteroatoms. The maximum Gasteiger partial charge on any atom is 0.132 e. The van der Waals surface area contributed by atoms with Gasteiger partial charge in [0, 0.05) is 17.1 Å². The molecule has 2 aromatic carbocycles. The standard InChI is InChI=1S/C14H12BrClN2/c1-17-14(10-5-3-2-4-6-10)18-13-8-7-11(15)9-12(13)16/h2-9H,1H3,(H,17,18). The summed E-state index contributed by atoms with van der Waals surface area (Å²) in [5.74, 6) is 0.792. The Morgan fingerprint density at radius 1 is 1.17 bits per heavy atom. The second-order valence-corrected chi connectivity index (χ2v) is 5.01. The highest BCUT2D eigenvalue weighted by Crippen LogP contribution is 2.26. The molecule has 2 nitrogen and oxygen atoms in total. The third kappa shape index (κ3) is 3.12. The minimum absolute atomic E-state index is 0.654. The van der Waals surface area contributed by atoms with E-state index in [0.29, 0.717) is 5.02 Å². The smallest absolute Gasteiger partial charge is 0.132 e. The molecular weight excluding hydrogens is 312 g/mol. The maximum absolute atomic E-state index is 6.17. The van der Waals surface area contributed by atoms with Crippen LogP contribution in [0.2, 0.25) is 5.02 Å². The molecule has 0 unspecified atom stereocenters. The number of anilines is 1. The Hall–Kier alpha value is -1.32. The van der Waals surface area contributed by atoms with E-state index in [0.717, 1.165) is 21.6 Å². The molecule has 0 saturated carbocycles. The van der Waals surface area contributed by atoms with Crippen LogP contribution in [0.3, 0.4) is 0 Å². The Morgan fingerprint density at radius 3 is 2.50 bits per heavy atom. The van der Waals surface area contributed by atoms with Gasteiger partial charge in [0.25, 0.3) is 0 Å². The zero-order valence-corrected chi connectivity index (χ0v) is 12.2. The Labute approximate surface area is 120 Å². The van der Waals surface area contributed by atoms with Gasteiger partial charge in [0.15, 0.2) is 0 Å². The monoisotopic (exact) mass is 322 g/mol. The molecule has 0 fully saturated rings. The zero-order chi connectivity index (χ0) is 13.0. The van der Waals surface area contributed by atoms with E-state index < -0.39 is 0 Å². The molecule has 2 aromatic rings. The average Bonchev–Trinajstić information content (AvgIpc) is 2.39. The number of nitrogens with one attached hydrogen (secondary N) is 1. The van der Waals surface area contributed by atoms with Gasteiger partial charge in [0.1, 0.15) is 5.84 Å². The van der Waals surface area contributed by atoms with Crippen LogP contribution in [0.4, 0.5) is 5.69 Å². The summed E-state index contributed by atoms with van der Waals surface area (Å²) in [5, 5.41) is 3.89. The van der Waals surface area contributed by atoms with E-state index in [-0.39, 0.29) is 0 Å². The van der Waals surface area contributed by atoms with E-state index in [4.69, 9.17) is 11.6 Å². The normalized spacial score (nSPS) is 11.4. The van der Waals surface area contributed by atoms with Gasteiger partial charge in [-0.1, -0.05) is 57.9 Å². The summed E-state index contributed by atoms with van der Waals surface area (Å²) in [4.78, 5) is 4.25. The van der Waals surface area contributed by atoms with Crippen molar-refractivity contribution in [3.8, 4) is 0 Å². The highest BCUT2D eigenvalue weighted by Gasteiger charge is 2.05. The molecule has 0 aromatic heterocycles. The van der Waals surface area contributed by atoms with Crippen molar-refractivity contribution in [2.45, 2.75) is 0 Å². The number of halogens is 2. The third-order valence-electron chi connectivity index (χ3n) is 2.46. The first kappa shape index (κ1) is 13.1. The zero-order valence-electron chi connectivity index (χ0n) is 9.82. The molecule has 0 radical (unpaired) electrons. The Bertz CT molecular complexity index is 567. The first-order valence-corrected chi connectivity index (χ1v) is 6.62. The van der Waals surface area contributed by atoms with Crippen molar-refractivity contribution >= 4 is 39.1 Å². The van der Waals surface area contributed by atoms with Gasteiger partial charge in [-0.2, -0.15) is 0 Å². The van der Waals surface area contributed by atoms with Gasteiger partial charge >= 0.3 is 0 Å². The molecule has 0 aliphatic carbocycles. The molecular formula is C14H12BrClN2. The second kappa shape index (κ2) is 6.03. The van der Waals surface area contributed by atoms with E-state index in [9.17, 15) is 0 Å². The van der Waals surface area contributed by atoms with Crippen molar-refractivity contribution in [1.82, 2.24) is 0 Å². The summed E-state index contributed by atoms with van der Waals surface area (Å²) < 4.78 is 0.952. The number of amidine groups is 1. The summed E-state index contributed by atoms with van der Waals surface area (Å²) in [7, 11) is 1.75. The molecule has 92 valence electrons. The summed E-state index contributed by atoms with van der Waals surface area (Å²) in [5.41, 5.74) is 1.86. The van der Waals surface area contributed by atoms with Gasteiger partial charge in [0.2, 0.25) is 0 Å². The van der Waals surface area contributed by atoms with Gasteiger partial charge < -0.3 is 5.32 Å². The predicted molar refractivity (Wildman–Crippen MR) is 81.7 cm³/mol. The number of hydrogen-bond donors (Lipinski definition) is 1. The molecule has 0 amide bonds. The Morgan fingerprint density at radius 2 is 1.89 bits per heavy atom. The van der Waals surface area contributed by atoms with Gasteiger partial charge in [-0.25, -0.2) is 0 Å². The fraction of sp³-hybridized carbons (Fsp3) is 0.0714. The van der Waals surface area contributed by atoms with Crippen LogP contribution in [0.5, 0.6) is 0 Å². The first-order valence-electron chi connectivity index (χ1n) is 5.45. The average molecular weight is 324 g/mol. The maximum atomic E-state index is 6.17. The quantitative estimate of drug-likeness (QED) is 0.634. The van der Waals surface area contributed by atoms with Crippen LogP contribution in [0.15, 0.2) is 58.0 Å². The molecule has 0 saturated heterocycles. The number of nitrogens with zero attached hydrogens (tertiary/aromatic N) is 1. The molecule has 0 spiro atoms. The lowest BCUT2D eigenvalue weighted by Gasteiger charge is -2.11. The van der Waals surface area contributed by atoms with Crippen LogP contribution in [-0.2, 0) is 0 Å². The number of benzene rings is 2. The minimum atomic E-state index is 0.654. The van der Waals surface area contributed by atoms with Crippen molar-refractivity contribution in [3.05, 3.63) is 63.6 Å². The van der Waals surface area contributed by atoms with Crippen molar-refractivity contribution < 1.29 is 0 Å². The lowest BCUT2D eigenvalue weighted by molar-refractivity contribution is 1.40. The van der Waals surface area contributed by atoms with E-state index >= 15 is 0 Å². The van der Waals surface area contributed by atoms with E-state index in [2.05, 4.69) is 26.2 Å². The van der Waals surface area contributed by atoms with Gasteiger partial charge in [0.05, 0.1) is 10.7 Å². The van der Waals surface area contributed by atoms with Crippen molar-refractivity contribution in [2.24, 2.45) is 4.99 Å². The van der Waals surface area contributed by atoms with Crippen LogP contribution in [0.25, 0.3) is 0 Å². The lowest BCUT2D eigenvalue weighted by Crippen LogP contribution is -2.13. The van der Waals surface area contributed by atoms with E-state index in [1.165, 1.54) is 0 Å². The summed E-state index contributed by atoms with van der Waals surface area (Å²) in [6, 6.07) is 15.6. The molecule has 0 aliphatic rings. The third-order valence-corrected chi connectivity index (χ3v) is 3.26. The number of hydrogen-bond acceptors (Lipinski definition) is 1. The SMILES string of the molecule is CN=C(Nc1ccc(Br)cc1Cl)c1ccccc1. The topological polar surface area (TPSA) is 24.4 Å². The molecule has 2 rings (SSSR count). The van der Waals surface area contributed by atoms with Crippen LogP contribution >= 0.6 is 27.5 Å². The van der Waals surface area contributed by atoms with E-state index in [1.807, 2.05) is 48.5 Å². The largest absolute Gasteiger partial charge is 0.339 e. The molecule has 0 heterocycles. The Balaban J connectivity index is 2.27. The number of aliphatic imine (C=N–C) groups is 1. The van der Waals surface area contributed by atoms with Crippen LogP contribution in [0, 0.1) is 0 Å². The molecule has 0 atom stereocenters. The second-order valence-electron chi connectivity index (χ2n) is 3.69. The first-order chi connectivity index (χ1) is 8.70. The van der Waals surface area contributed by atoms with Gasteiger partial charge in [-0.15, -0.1) is 0 Å². The van der Waals surface area contributed by atoms with Crippen LogP contribution in [-0.4, -0.2) is 12.9 Å².